The highest BCUT2D eigenvalue weighted by Crippen LogP contribution is 2.45. The summed E-state index contributed by atoms with van der Waals surface area (Å²) in [4.78, 5) is 27.6. The number of fused-ring (bicyclic) bond motifs is 3. The quantitative estimate of drug-likeness (QED) is 0.839. The van der Waals surface area contributed by atoms with Gasteiger partial charge >= 0.3 is 0 Å². The van der Waals surface area contributed by atoms with E-state index in [2.05, 4.69) is 21.2 Å². The number of benzene rings is 2. The second-order valence-corrected chi connectivity index (χ2v) is 7.62. The Morgan fingerprint density at radius 2 is 1.96 bits per heavy atom. The van der Waals surface area contributed by atoms with Gasteiger partial charge in [-0.05, 0) is 36.2 Å². The molecule has 2 aromatic rings. The third-order valence-corrected chi connectivity index (χ3v) is 4.90. The number of carbonyl (C=O) groups excluding carboxylic acids is 2. The van der Waals surface area contributed by atoms with Gasteiger partial charge in [-0.3, -0.25) is 9.59 Å². The molecule has 1 spiro atoms. The molecular formula is C19H17BrN2O3. The van der Waals surface area contributed by atoms with Crippen LogP contribution >= 0.6 is 15.9 Å². The molecule has 2 amide bonds. The van der Waals surface area contributed by atoms with Crippen molar-refractivity contribution in [3.63, 3.8) is 0 Å². The molecule has 0 saturated heterocycles. The van der Waals surface area contributed by atoms with Crippen LogP contribution in [0.3, 0.4) is 0 Å². The minimum absolute atomic E-state index is 0.267. The van der Waals surface area contributed by atoms with Gasteiger partial charge in [-0.2, -0.15) is 0 Å². The standard InChI is InChI=1S/C19H17BrN2O3/c1-11(2)10-22-15-8-7-12(20)9-14(15)19(18(22)24)21-17(23)13-5-3-4-6-16(13)25-19/h3-9,11H,10H2,1-2H3,(H,21,23)/t19-/m1/s1. The van der Waals surface area contributed by atoms with Crippen LogP contribution in [0.15, 0.2) is 46.9 Å². The summed E-state index contributed by atoms with van der Waals surface area (Å²) < 4.78 is 6.93. The summed E-state index contributed by atoms with van der Waals surface area (Å²) >= 11 is 3.45. The van der Waals surface area contributed by atoms with E-state index in [0.717, 1.165) is 10.2 Å². The molecule has 0 bridgehead atoms. The van der Waals surface area contributed by atoms with Gasteiger partial charge in [0.25, 0.3) is 17.5 Å². The first-order valence-corrected chi connectivity index (χ1v) is 8.94. The Bertz CT molecular complexity index is 896. The smallest absolute Gasteiger partial charge is 0.298 e. The molecule has 0 aromatic heterocycles. The molecule has 2 aliphatic rings. The molecular weight excluding hydrogens is 384 g/mol. The van der Waals surface area contributed by atoms with Gasteiger partial charge in [0.2, 0.25) is 0 Å². The molecule has 2 aliphatic heterocycles. The van der Waals surface area contributed by atoms with Gasteiger partial charge in [0.15, 0.2) is 0 Å². The van der Waals surface area contributed by atoms with E-state index in [-0.39, 0.29) is 17.7 Å². The zero-order valence-corrected chi connectivity index (χ0v) is 15.5. The van der Waals surface area contributed by atoms with E-state index in [9.17, 15) is 9.59 Å². The highest BCUT2D eigenvalue weighted by atomic mass is 79.9. The number of carbonyl (C=O) groups is 2. The normalized spacial score (nSPS) is 21.2. The molecule has 4 rings (SSSR count). The van der Waals surface area contributed by atoms with Crippen molar-refractivity contribution in [1.82, 2.24) is 5.32 Å². The Morgan fingerprint density at radius 1 is 1.20 bits per heavy atom. The molecule has 0 unspecified atom stereocenters. The zero-order valence-electron chi connectivity index (χ0n) is 13.9. The van der Waals surface area contributed by atoms with Crippen molar-refractivity contribution < 1.29 is 14.3 Å². The van der Waals surface area contributed by atoms with Crippen LogP contribution in [0.2, 0.25) is 0 Å². The summed E-state index contributed by atoms with van der Waals surface area (Å²) in [6.07, 6.45) is 0. The highest BCUT2D eigenvalue weighted by Gasteiger charge is 2.57. The number of anilines is 1. The molecule has 128 valence electrons. The first kappa shape index (κ1) is 16.1. The topological polar surface area (TPSA) is 58.6 Å². The molecule has 2 aromatic carbocycles. The SMILES string of the molecule is CC(C)CN1C(=O)[C@@]2(NC(=O)c3ccccc3O2)c2cc(Br)ccc21. The van der Waals surface area contributed by atoms with Crippen LogP contribution in [0.1, 0.15) is 29.8 Å². The van der Waals surface area contributed by atoms with Crippen LogP contribution in [-0.4, -0.2) is 18.4 Å². The van der Waals surface area contributed by atoms with Crippen LogP contribution in [0.25, 0.3) is 0 Å². The van der Waals surface area contributed by atoms with Gasteiger partial charge in [0.05, 0.1) is 16.8 Å². The molecule has 0 fully saturated rings. The Balaban J connectivity index is 1.89. The summed E-state index contributed by atoms with van der Waals surface area (Å²) in [6, 6.07) is 12.6. The van der Waals surface area contributed by atoms with Crippen molar-refractivity contribution in [1.29, 1.82) is 0 Å². The van der Waals surface area contributed by atoms with E-state index in [1.165, 1.54) is 0 Å². The van der Waals surface area contributed by atoms with Gasteiger partial charge in [-0.25, -0.2) is 0 Å². The molecule has 5 nitrogen and oxygen atoms in total. The third kappa shape index (κ3) is 2.35. The lowest BCUT2D eigenvalue weighted by Crippen LogP contribution is -2.59. The molecule has 0 radical (unpaired) electrons. The monoisotopic (exact) mass is 400 g/mol. The minimum atomic E-state index is -1.51. The van der Waals surface area contributed by atoms with E-state index in [0.29, 0.717) is 23.4 Å². The Hall–Kier alpha value is -2.34. The minimum Gasteiger partial charge on any atom is -0.453 e. The summed E-state index contributed by atoms with van der Waals surface area (Å²) in [6.45, 7) is 4.65. The first-order chi connectivity index (χ1) is 11.9. The van der Waals surface area contributed by atoms with E-state index in [1.54, 1.807) is 29.2 Å². The van der Waals surface area contributed by atoms with Crippen LogP contribution in [0, 0.1) is 5.92 Å². The molecule has 25 heavy (non-hydrogen) atoms. The number of para-hydroxylation sites is 1. The van der Waals surface area contributed by atoms with E-state index < -0.39 is 5.72 Å². The van der Waals surface area contributed by atoms with Gasteiger partial charge < -0.3 is 15.0 Å². The maximum absolute atomic E-state index is 13.3. The number of hydrogen-bond acceptors (Lipinski definition) is 3. The van der Waals surface area contributed by atoms with Crippen molar-refractivity contribution in [2.24, 2.45) is 5.92 Å². The number of halogens is 1. The number of nitrogens with one attached hydrogen (secondary N) is 1. The molecule has 2 heterocycles. The fourth-order valence-electron chi connectivity index (χ4n) is 3.37. The van der Waals surface area contributed by atoms with Crippen LogP contribution < -0.4 is 15.0 Å². The number of amides is 2. The molecule has 0 aliphatic carbocycles. The number of hydrogen-bond donors (Lipinski definition) is 1. The lowest BCUT2D eigenvalue weighted by atomic mass is 10.0. The number of nitrogens with zero attached hydrogens (tertiary/aromatic N) is 1. The average Bonchev–Trinajstić information content (AvgIpc) is 2.77. The Labute approximate surface area is 154 Å². The van der Waals surface area contributed by atoms with Crippen LogP contribution in [0.4, 0.5) is 5.69 Å². The second-order valence-electron chi connectivity index (χ2n) is 6.70. The molecule has 6 heteroatoms. The van der Waals surface area contributed by atoms with Gasteiger partial charge in [0.1, 0.15) is 5.75 Å². The Kier molecular flexibility index (Phi) is 3.61. The fourth-order valence-corrected chi connectivity index (χ4v) is 3.73. The van der Waals surface area contributed by atoms with Crippen LogP contribution in [0.5, 0.6) is 5.75 Å². The summed E-state index contributed by atoms with van der Waals surface area (Å²) in [5.41, 5.74) is 0.330. The maximum atomic E-state index is 13.3. The fraction of sp³-hybridized carbons (Fsp3) is 0.263. The molecule has 0 saturated carbocycles. The lowest BCUT2D eigenvalue weighted by molar-refractivity contribution is -0.136. The third-order valence-electron chi connectivity index (χ3n) is 4.41. The van der Waals surface area contributed by atoms with Crippen molar-refractivity contribution in [2.45, 2.75) is 19.6 Å². The van der Waals surface area contributed by atoms with E-state index in [1.807, 2.05) is 32.0 Å². The zero-order chi connectivity index (χ0) is 17.8. The summed E-state index contributed by atoms with van der Waals surface area (Å²) in [7, 11) is 0. The van der Waals surface area contributed by atoms with Crippen molar-refractivity contribution >= 4 is 33.4 Å². The first-order valence-electron chi connectivity index (χ1n) is 8.15. The second kappa shape index (κ2) is 5.59. The van der Waals surface area contributed by atoms with E-state index in [4.69, 9.17) is 4.74 Å². The predicted molar refractivity (Wildman–Crippen MR) is 97.5 cm³/mol. The largest absolute Gasteiger partial charge is 0.453 e. The number of ether oxygens (including phenoxy) is 1. The van der Waals surface area contributed by atoms with Crippen LogP contribution in [-0.2, 0) is 10.5 Å². The van der Waals surface area contributed by atoms with Crippen molar-refractivity contribution in [3.05, 3.63) is 58.1 Å². The van der Waals surface area contributed by atoms with Crippen molar-refractivity contribution in [3.8, 4) is 5.75 Å². The highest BCUT2D eigenvalue weighted by molar-refractivity contribution is 9.10. The average molecular weight is 401 g/mol. The molecule has 1 atom stereocenters. The van der Waals surface area contributed by atoms with E-state index >= 15 is 0 Å². The summed E-state index contributed by atoms with van der Waals surface area (Å²) in [5.74, 6) is 0.115. The van der Waals surface area contributed by atoms with Gasteiger partial charge in [-0.15, -0.1) is 0 Å². The summed E-state index contributed by atoms with van der Waals surface area (Å²) in [5, 5.41) is 2.81. The lowest BCUT2D eigenvalue weighted by Gasteiger charge is -2.35. The molecule has 1 N–H and O–H groups in total. The Morgan fingerprint density at radius 3 is 2.72 bits per heavy atom. The van der Waals surface area contributed by atoms with Gasteiger partial charge in [-0.1, -0.05) is 41.9 Å². The number of rotatable bonds is 2. The van der Waals surface area contributed by atoms with Gasteiger partial charge in [0, 0.05) is 11.0 Å². The maximum Gasteiger partial charge on any atom is 0.298 e. The van der Waals surface area contributed by atoms with Crippen molar-refractivity contribution in [2.75, 3.05) is 11.4 Å². The predicted octanol–water partition coefficient (Wildman–Crippen LogP) is 3.43.